The van der Waals surface area contributed by atoms with Gasteiger partial charge in [-0.1, -0.05) is 54.1 Å². The minimum Gasteiger partial charge on any atom is -0.347 e. The average Bonchev–Trinajstić information content (AvgIpc) is 3.38. The van der Waals surface area contributed by atoms with Crippen molar-refractivity contribution in [3.63, 3.8) is 0 Å². The monoisotopic (exact) mass is 457 g/mol. The van der Waals surface area contributed by atoms with Crippen LogP contribution in [0.15, 0.2) is 60.7 Å². The zero-order chi connectivity index (χ0) is 23.4. The first-order valence-corrected chi connectivity index (χ1v) is 11.6. The summed E-state index contributed by atoms with van der Waals surface area (Å²) in [5, 5.41) is 8.06. The number of anilines is 2. The number of aryl methyl sites for hydroxylation is 1. The number of fused-ring (bicyclic) bond motifs is 2. The molecule has 172 valence electrons. The van der Waals surface area contributed by atoms with Gasteiger partial charge in [0.05, 0.1) is 23.9 Å². The fraction of sp³-hybridized carbons (Fsp3) is 0.308. The Morgan fingerprint density at radius 1 is 0.912 bits per heavy atom. The summed E-state index contributed by atoms with van der Waals surface area (Å²) in [7, 11) is 0. The number of hydrogen-bond donors (Lipinski definition) is 1. The van der Waals surface area contributed by atoms with E-state index >= 15 is 0 Å². The first-order chi connectivity index (χ1) is 16.5. The highest BCUT2D eigenvalue weighted by atomic mass is 19.1. The molecule has 1 aliphatic carbocycles. The van der Waals surface area contributed by atoms with E-state index in [9.17, 15) is 14.0 Å². The van der Waals surface area contributed by atoms with E-state index in [-0.39, 0.29) is 47.5 Å². The van der Waals surface area contributed by atoms with Crippen LogP contribution in [-0.4, -0.2) is 26.6 Å². The van der Waals surface area contributed by atoms with Gasteiger partial charge in [-0.05, 0) is 49.4 Å². The summed E-state index contributed by atoms with van der Waals surface area (Å²) in [5.74, 6) is -0.903. The third kappa shape index (κ3) is 3.32. The molecule has 2 aromatic carbocycles. The van der Waals surface area contributed by atoms with Gasteiger partial charge in [-0.3, -0.25) is 9.59 Å². The maximum atomic E-state index is 13.6. The summed E-state index contributed by atoms with van der Waals surface area (Å²) in [6.45, 7) is 2.04. The summed E-state index contributed by atoms with van der Waals surface area (Å²) in [6, 6.07) is 14.3. The second-order valence-corrected chi connectivity index (χ2v) is 9.26. The Balaban J connectivity index is 1.40. The lowest BCUT2D eigenvalue weighted by Gasteiger charge is -2.31. The van der Waals surface area contributed by atoms with Crippen LogP contribution in [0.5, 0.6) is 0 Å². The van der Waals surface area contributed by atoms with E-state index in [0.717, 1.165) is 16.0 Å². The van der Waals surface area contributed by atoms with Crippen molar-refractivity contribution in [2.75, 3.05) is 10.2 Å². The quantitative estimate of drug-likeness (QED) is 0.468. The lowest BCUT2D eigenvalue weighted by Crippen LogP contribution is -2.32. The number of carbonyl (C=O) groups excluding carboxylic acids is 2. The first-order valence-electron chi connectivity index (χ1n) is 11.6. The number of rotatable bonds is 3. The third-order valence-corrected chi connectivity index (χ3v) is 7.12. The molecule has 2 amide bonds. The molecule has 0 unspecified atom stereocenters. The van der Waals surface area contributed by atoms with Crippen molar-refractivity contribution in [3.8, 4) is 0 Å². The van der Waals surface area contributed by atoms with Gasteiger partial charge in [0.1, 0.15) is 5.82 Å². The second-order valence-electron chi connectivity index (χ2n) is 9.26. The Bertz CT molecular complexity index is 1270. The Kier molecular flexibility index (Phi) is 4.83. The van der Waals surface area contributed by atoms with E-state index in [2.05, 4.69) is 39.7 Å². The molecule has 34 heavy (non-hydrogen) atoms. The van der Waals surface area contributed by atoms with Gasteiger partial charge in [-0.15, -0.1) is 5.10 Å². The maximum absolute atomic E-state index is 13.6. The van der Waals surface area contributed by atoms with Gasteiger partial charge in [0.15, 0.2) is 0 Å². The molecule has 0 radical (unpaired) electrons. The Morgan fingerprint density at radius 3 is 2.18 bits per heavy atom. The van der Waals surface area contributed by atoms with Crippen molar-refractivity contribution < 1.29 is 14.0 Å². The van der Waals surface area contributed by atoms with Crippen LogP contribution in [-0.2, 0) is 9.59 Å². The average molecular weight is 458 g/mol. The number of allylic oxidation sites excluding steroid dienone is 2. The highest BCUT2D eigenvalue weighted by Crippen LogP contribution is 2.41. The number of amides is 2. The highest BCUT2D eigenvalue weighted by molar-refractivity contribution is 6.21. The summed E-state index contributed by atoms with van der Waals surface area (Å²) in [5.41, 5.74) is 3.15. The number of carbonyl (C=O) groups is 2. The molecule has 7 nitrogen and oxygen atoms in total. The van der Waals surface area contributed by atoms with Gasteiger partial charge in [-0.25, -0.2) is 14.0 Å². The molecule has 1 saturated heterocycles. The number of benzene rings is 2. The third-order valence-electron chi connectivity index (χ3n) is 7.12. The molecule has 1 N–H and O–H groups in total. The molecule has 1 fully saturated rings. The van der Waals surface area contributed by atoms with Crippen LogP contribution in [0.1, 0.15) is 48.0 Å². The standard InChI is InChI=1S/C26H24FN5O2/c1-15-6-8-16(9-7-15)21-14-22(17-10-12-18(27)13-11-17)32-25(28-21)29-26(30-32)31-23(33)19-4-2-3-5-20(19)24(31)34/h2-3,6-13,19-22H,4-5,14H2,1H3,(H,28,29,30)/t19-,20+,21-,22+/m0/s1. The van der Waals surface area contributed by atoms with E-state index in [1.54, 1.807) is 16.8 Å². The fourth-order valence-corrected chi connectivity index (χ4v) is 5.24. The molecule has 6 rings (SSSR count). The molecule has 3 aromatic rings. The van der Waals surface area contributed by atoms with Crippen LogP contribution >= 0.6 is 0 Å². The van der Waals surface area contributed by atoms with Crippen LogP contribution < -0.4 is 10.2 Å². The van der Waals surface area contributed by atoms with Crippen LogP contribution in [0.3, 0.4) is 0 Å². The smallest absolute Gasteiger partial charge is 0.260 e. The van der Waals surface area contributed by atoms with E-state index < -0.39 is 0 Å². The molecule has 0 spiro atoms. The highest BCUT2D eigenvalue weighted by Gasteiger charge is 2.49. The molecule has 3 aliphatic rings. The van der Waals surface area contributed by atoms with Crippen molar-refractivity contribution in [1.82, 2.24) is 14.8 Å². The molecule has 0 saturated carbocycles. The number of nitrogens with one attached hydrogen (secondary N) is 1. The number of hydrogen-bond acceptors (Lipinski definition) is 5. The second kappa shape index (κ2) is 7.90. The molecular weight excluding hydrogens is 433 g/mol. The number of imide groups is 1. The van der Waals surface area contributed by atoms with Gasteiger partial charge in [0.25, 0.3) is 5.95 Å². The van der Waals surface area contributed by atoms with E-state index in [1.165, 1.54) is 17.7 Å². The zero-order valence-electron chi connectivity index (χ0n) is 18.7. The van der Waals surface area contributed by atoms with Gasteiger partial charge in [-0.2, -0.15) is 4.98 Å². The van der Waals surface area contributed by atoms with Crippen molar-refractivity contribution >= 4 is 23.7 Å². The molecule has 2 aliphatic heterocycles. The SMILES string of the molecule is Cc1ccc([C@@H]2C[C@H](c3ccc(F)cc3)n3nc(N4C(=O)[C@H]5CC=CC[C@H]5C4=O)nc3N2)cc1. The van der Waals surface area contributed by atoms with E-state index in [1.807, 2.05) is 19.1 Å². The van der Waals surface area contributed by atoms with Crippen molar-refractivity contribution in [2.45, 2.75) is 38.3 Å². The number of aromatic nitrogens is 3. The molecular formula is C26H24FN5O2. The van der Waals surface area contributed by atoms with Gasteiger partial charge in [0.2, 0.25) is 17.8 Å². The predicted molar refractivity (Wildman–Crippen MR) is 125 cm³/mol. The molecule has 4 atom stereocenters. The fourth-order valence-electron chi connectivity index (χ4n) is 5.24. The van der Waals surface area contributed by atoms with Crippen molar-refractivity contribution in [2.24, 2.45) is 11.8 Å². The largest absolute Gasteiger partial charge is 0.347 e. The van der Waals surface area contributed by atoms with Gasteiger partial charge < -0.3 is 5.32 Å². The lowest BCUT2D eigenvalue weighted by atomic mass is 9.85. The first kappa shape index (κ1) is 20.8. The topological polar surface area (TPSA) is 80.1 Å². The summed E-state index contributed by atoms with van der Waals surface area (Å²) in [4.78, 5) is 31.9. The van der Waals surface area contributed by atoms with Gasteiger partial charge in [0, 0.05) is 0 Å². The van der Waals surface area contributed by atoms with Crippen LogP contribution in [0.25, 0.3) is 0 Å². The Morgan fingerprint density at radius 2 is 1.53 bits per heavy atom. The summed E-state index contributed by atoms with van der Waals surface area (Å²) < 4.78 is 15.4. The molecule has 8 heteroatoms. The predicted octanol–water partition coefficient (Wildman–Crippen LogP) is 4.33. The van der Waals surface area contributed by atoms with E-state index in [0.29, 0.717) is 25.2 Å². The van der Waals surface area contributed by atoms with Gasteiger partial charge >= 0.3 is 0 Å². The minimum absolute atomic E-state index is 0.0584. The van der Waals surface area contributed by atoms with E-state index in [4.69, 9.17) is 0 Å². The van der Waals surface area contributed by atoms with Crippen LogP contribution in [0.4, 0.5) is 16.3 Å². The Labute approximate surface area is 196 Å². The summed E-state index contributed by atoms with van der Waals surface area (Å²) in [6.07, 6.45) is 5.69. The van der Waals surface area contributed by atoms with Crippen LogP contribution in [0.2, 0.25) is 0 Å². The Hall–Kier alpha value is -3.81. The normalized spacial score (nSPS) is 25.8. The lowest BCUT2D eigenvalue weighted by molar-refractivity contribution is -0.122. The molecule has 1 aromatic heterocycles. The maximum Gasteiger partial charge on any atom is 0.260 e. The zero-order valence-corrected chi connectivity index (χ0v) is 18.7. The number of halogens is 1. The summed E-state index contributed by atoms with van der Waals surface area (Å²) >= 11 is 0. The minimum atomic E-state index is -0.348. The van der Waals surface area contributed by atoms with Crippen molar-refractivity contribution in [3.05, 3.63) is 83.2 Å². The van der Waals surface area contributed by atoms with Crippen LogP contribution in [0, 0.1) is 24.6 Å². The van der Waals surface area contributed by atoms with Crippen molar-refractivity contribution in [1.29, 1.82) is 0 Å². The molecule has 0 bridgehead atoms. The number of nitrogens with zero attached hydrogens (tertiary/aromatic N) is 4. The molecule has 3 heterocycles.